The number of hydrogen-bond acceptors (Lipinski definition) is 4. The van der Waals surface area contributed by atoms with Crippen LogP contribution >= 0.6 is 0 Å². The zero-order valence-corrected chi connectivity index (χ0v) is 16.3. The summed E-state index contributed by atoms with van der Waals surface area (Å²) in [7, 11) is 0. The molecule has 0 atom stereocenters. The van der Waals surface area contributed by atoms with Crippen LogP contribution in [0.4, 0.5) is 0 Å². The van der Waals surface area contributed by atoms with E-state index >= 15 is 0 Å². The van der Waals surface area contributed by atoms with E-state index < -0.39 is 0 Å². The Kier molecular flexibility index (Phi) is 7.35. The molecule has 0 bridgehead atoms. The third kappa shape index (κ3) is 5.77. The number of nitrogens with one attached hydrogen (secondary N) is 2. The Morgan fingerprint density at radius 1 is 1.18 bits per heavy atom. The summed E-state index contributed by atoms with van der Waals surface area (Å²) >= 11 is 0. The van der Waals surface area contributed by atoms with Gasteiger partial charge in [-0.15, -0.1) is 0 Å². The second kappa shape index (κ2) is 10.4. The van der Waals surface area contributed by atoms with E-state index in [0.29, 0.717) is 18.8 Å². The molecule has 7 heteroatoms. The Hall–Kier alpha value is -2.96. The van der Waals surface area contributed by atoms with Crippen molar-refractivity contribution in [1.82, 2.24) is 15.5 Å². The Balaban J connectivity index is 1.44. The van der Waals surface area contributed by atoms with Crippen LogP contribution in [-0.2, 0) is 0 Å². The fraction of sp³-hybridized carbons (Fsp3) is 0.429. The highest BCUT2D eigenvalue weighted by atomic mass is 16.5. The molecular formula is C21H28N4O3. The molecule has 3 rings (SSSR count). The number of amides is 1. The van der Waals surface area contributed by atoms with E-state index in [1.54, 1.807) is 12.1 Å². The minimum absolute atomic E-state index is 0.218. The molecule has 150 valence electrons. The summed E-state index contributed by atoms with van der Waals surface area (Å²) in [5.74, 6) is 1.90. The molecule has 0 spiro atoms. The fourth-order valence-electron chi connectivity index (χ4n) is 3.13. The van der Waals surface area contributed by atoms with Crippen molar-refractivity contribution in [2.75, 3.05) is 32.7 Å². The molecule has 1 saturated heterocycles. The number of nitrogens with zero attached hydrogens (tertiary/aromatic N) is 2. The molecule has 1 amide bonds. The average molecular weight is 384 g/mol. The summed E-state index contributed by atoms with van der Waals surface area (Å²) in [4.78, 5) is 18.8. The van der Waals surface area contributed by atoms with Crippen molar-refractivity contribution in [2.24, 2.45) is 4.99 Å². The van der Waals surface area contributed by atoms with Crippen LogP contribution < -0.4 is 15.4 Å². The third-order valence-electron chi connectivity index (χ3n) is 4.53. The fourth-order valence-corrected chi connectivity index (χ4v) is 3.13. The molecule has 1 aromatic heterocycles. The first-order chi connectivity index (χ1) is 13.8. The smallest absolute Gasteiger partial charge is 0.287 e. The van der Waals surface area contributed by atoms with Crippen LogP contribution in [0.1, 0.15) is 30.3 Å². The van der Waals surface area contributed by atoms with Crippen LogP contribution in [0.25, 0.3) is 0 Å². The van der Waals surface area contributed by atoms with Gasteiger partial charge in [-0.1, -0.05) is 18.2 Å². The molecule has 1 aliphatic heterocycles. The highest BCUT2D eigenvalue weighted by molar-refractivity contribution is 5.91. The van der Waals surface area contributed by atoms with E-state index in [2.05, 4.69) is 27.4 Å². The summed E-state index contributed by atoms with van der Waals surface area (Å²) in [6.07, 6.45) is 3.62. The van der Waals surface area contributed by atoms with Gasteiger partial charge in [-0.2, -0.15) is 0 Å². The molecule has 1 aromatic carbocycles. The molecule has 1 aliphatic rings. The summed E-state index contributed by atoms with van der Waals surface area (Å²) in [6.45, 7) is 5.61. The maximum Gasteiger partial charge on any atom is 0.287 e. The predicted molar refractivity (Wildman–Crippen MR) is 109 cm³/mol. The predicted octanol–water partition coefficient (Wildman–Crippen LogP) is 2.52. The van der Waals surface area contributed by atoms with Gasteiger partial charge in [-0.05, 0) is 31.2 Å². The average Bonchev–Trinajstić information content (AvgIpc) is 3.27. The van der Waals surface area contributed by atoms with Crippen LogP contribution in [0.5, 0.6) is 5.75 Å². The van der Waals surface area contributed by atoms with Crippen molar-refractivity contribution in [3.8, 4) is 5.75 Å². The van der Waals surface area contributed by atoms with Crippen molar-refractivity contribution in [3.63, 3.8) is 0 Å². The number of guanidine groups is 1. The molecule has 2 aromatic rings. The van der Waals surface area contributed by atoms with Crippen LogP contribution in [0.3, 0.4) is 0 Å². The maximum absolute atomic E-state index is 11.9. The van der Waals surface area contributed by atoms with Gasteiger partial charge in [0.2, 0.25) is 0 Å². The molecule has 1 fully saturated rings. The van der Waals surface area contributed by atoms with E-state index in [4.69, 9.17) is 9.15 Å². The minimum atomic E-state index is -0.218. The maximum atomic E-state index is 11.9. The van der Waals surface area contributed by atoms with Crippen molar-refractivity contribution >= 4 is 11.9 Å². The zero-order chi connectivity index (χ0) is 19.6. The van der Waals surface area contributed by atoms with Crippen LogP contribution in [-0.4, -0.2) is 55.6 Å². The monoisotopic (exact) mass is 384 g/mol. The largest absolute Gasteiger partial charge is 0.490 e. The highest BCUT2D eigenvalue weighted by Gasteiger charge is 2.22. The van der Waals surface area contributed by atoms with Crippen molar-refractivity contribution < 1.29 is 13.9 Å². The molecule has 0 radical (unpaired) electrons. The van der Waals surface area contributed by atoms with Gasteiger partial charge in [0.25, 0.3) is 5.91 Å². The number of furan rings is 1. The molecule has 28 heavy (non-hydrogen) atoms. The SMILES string of the molecule is CCNC(=NCCNC(=O)c1ccco1)N1CCC(Oc2ccccc2)CC1. The van der Waals surface area contributed by atoms with Gasteiger partial charge in [0.15, 0.2) is 11.7 Å². The van der Waals surface area contributed by atoms with E-state index in [0.717, 1.165) is 44.2 Å². The van der Waals surface area contributed by atoms with Gasteiger partial charge in [0.05, 0.1) is 12.8 Å². The first-order valence-corrected chi connectivity index (χ1v) is 9.83. The van der Waals surface area contributed by atoms with Gasteiger partial charge >= 0.3 is 0 Å². The molecule has 7 nitrogen and oxygen atoms in total. The quantitative estimate of drug-likeness (QED) is 0.436. The summed E-state index contributed by atoms with van der Waals surface area (Å²) in [6, 6.07) is 13.3. The first-order valence-electron chi connectivity index (χ1n) is 9.83. The van der Waals surface area contributed by atoms with Crippen LogP contribution in [0.15, 0.2) is 58.1 Å². The molecule has 2 N–H and O–H groups in total. The molecule has 0 aliphatic carbocycles. The van der Waals surface area contributed by atoms with E-state index in [1.807, 2.05) is 30.3 Å². The first kappa shape index (κ1) is 19.8. The number of benzene rings is 1. The zero-order valence-electron chi connectivity index (χ0n) is 16.3. The Morgan fingerprint density at radius 2 is 1.96 bits per heavy atom. The van der Waals surface area contributed by atoms with Crippen LogP contribution in [0.2, 0.25) is 0 Å². The topological polar surface area (TPSA) is 79.1 Å². The minimum Gasteiger partial charge on any atom is -0.490 e. The molecule has 0 saturated carbocycles. The Morgan fingerprint density at radius 3 is 2.64 bits per heavy atom. The van der Waals surface area contributed by atoms with Crippen molar-refractivity contribution in [2.45, 2.75) is 25.9 Å². The number of carbonyl (C=O) groups is 1. The number of piperidine rings is 1. The lowest BCUT2D eigenvalue weighted by atomic mass is 10.1. The number of hydrogen-bond donors (Lipinski definition) is 2. The van der Waals surface area contributed by atoms with Gasteiger partial charge in [-0.25, -0.2) is 0 Å². The van der Waals surface area contributed by atoms with Crippen LogP contribution in [0, 0.1) is 0 Å². The normalized spacial score (nSPS) is 15.3. The van der Waals surface area contributed by atoms with E-state index in [1.165, 1.54) is 6.26 Å². The lowest BCUT2D eigenvalue weighted by molar-refractivity contribution is 0.0927. The van der Waals surface area contributed by atoms with E-state index in [9.17, 15) is 4.79 Å². The number of likely N-dealkylation sites (tertiary alicyclic amines) is 1. The van der Waals surface area contributed by atoms with Gasteiger partial charge in [0.1, 0.15) is 11.9 Å². The lowest BCUT2D eigenvalue weighted by Crippen LogP contribution is -2.47. The highest BCUT2D eigenvalue weighted by Crippen LogP contribution is 2.18. The number of para-hydroxylation sites is 1. The number of ether oxygens (including phenoxy) is 1. The van der Waals surface area contributed by atoms with Crippen molar-refractivity contribution in [3.05, 3.63) is 54.5 Å². The van der Waals surface area contributed by atoms with Gasteiger partial charge < -0.3 is 24.7 Å². The molecule has 2 heterocycles. The summed E-state index contributed by atoms with van der Waals surface area (Å²) < 4.78 is 11.1. The van der Waals surface area contributed by atoms with Gasteiger partial charge in [-0.3, -0.25) is 9.79 Å². The number of carbonyl (C=O) groups excluding carboxylic acids is 1. The van der Waals surface area contributed by atoms with Gasteiger partial charge in [0, 0.05) is 39.0 Å². The summed E-state index contributed by atoms with van der Waals surface area (Å²) in [5, 5.41) is 6.15. The van der Waals surface area contributed by atoms with E-state index in [-0.39, 0.29) is 12.0 Å². The Bertz CT molecular complexity index is 738. The summed E-state index contributed by atoms with van der Waals surface area (Å²) in [5.41, 5.74) is 0. The number of aliphatic imine (C=N–C) groups is 1. The standard InChI is InChI=1S/C21H28N4O3/c1-2-22-21(24-13-12-23-20(26)19-9-6-16-27-19)25-14-10-18(11-15-25)28-17-7-4-3-5-8-17/h3-9,16,18H,2,10-15H2,1H3,(H,22,24)(H,23,26). The lowest BCUT2D eigenvalue weighted by Gasteiger charge is -2.34. The molecular weight excluding hydrogens is 356 g/mol. The Labute approximate surface area is 165 Å². The second-order valence-corrected chi connectivity index (χ2v) is 6.59. The van der Waals surface area contributed by atoms with Crippen molar-refractivity contribution in [1.29, 1.82) is 0 Å². The molecule has 0 unspecified atom stereocenters. The number of rotatable bonds is 7. The third-order valence-corrected chi connectivity index (χ3v) is 4.53. The second-order valence-electron chi connectivity index (χ2n) is 6.59.